The van der Waals surface area contributed by atoms with Gasteiger partial charge in [0, 0.05) is 11.4 Å². The molecule has 0 aliphatic carbocycles. The van der Waals surface area contributed by atoms with Crippen LogP contribution in [0.3, 0.4) is 0 Å². The molecule has 0 spiro atoms. The van der Waals surface area contributed by atoms with Crippen molar-refractivity contribution in [1.82, 2.24) is 15.0 Å². The maximum Gasteiger partial charge on any atom is 0.275 e. The number of nitrogens with zero attached hydrogens (tertiary/aromatic N) is 3. The molecule has 0 saturated heterocycles. The molecule has 7 heteroatoms. The lowest BCUT2D eigenvalue weighted by Gasteiger charge is -2.07. The van der Waals surface area contributed by atoms with Crippen LogP contribution in [0.4, 0.5) is 11.6 Å². The van der Waals surface area contributed by atoms with Crippen molar-refractivity contribution in [1.29, 1.82) is 0 Å². The van der Waals surface area contributed by atoms with Crippen LogP contribution in [0.1, 0.15) is 32.4 Å². The van der Waals surface area contributed by atoms with Crippen molar-refractivity contribution < 1.29 is 9.59 Å². The topological polar surface area (TPSA) is 96.9 Å². The van der Waals surface area contributed by atoms with Crippen LogP contribution in [0.5, 0.6) is 0 Å². The molecule has 0 aliphatic rings. The molecule has 3 rings (SSSR count). The first-order chi connectivity index (χ1) is 12.5. The van der Waals surface area contributed by atoms with Crippen LogP contribution in [-0.4, -0.2) is 26.8 Å². The summed E-state index contributed by atoms with van der Waals surface area (Å²) in [5.74, 6) is -0.0240. The van der Waals surface area contributed by atoms with Gasteiger partial charge < -0.3 is 10.6 Å². The quantitative estimate of drug-likeness (QED) is 0.756. The third-order valence-electron chi connectivity index (χ3n) is 3.47. The summed E-state index contributed by atoms with van der Waals surface area (Å²) in [6.07, 6.45) is 0. The third-order valence-corrected chi connectivity index (χ3v) is 3.47. The van der Waals surface area contributed by atoms with Gasteiger partial charge in [-0.3, -0.25) is 9.59 Å². The van der Waals surface area contributed by atoms with Crippen LogP contribution >= 0.6 is 0 Å². The molecule has 0 bridgehead atoms. The molecule has 0 saturated carbocycles. The van der Waals surface area contributed by atoms with Crippen LogP contribution in [0, 0.1) is 13.8 Å². The van der Waals surface area contributed by atoms with Crippen LogP contribution in [-0.2, 0) is 0 Å². The van der Waals surface area contributed by atoms with Crippen molar-refractivity contribution in [3.05, 3.63) is 77.4 Å². The number of rotatable bonds is 4. The highest BCUT2D eigenvalue weighted by atomic mass is 16.2. The number of hydrogen-bond donors (Lipinski definition) is 2. The number of amides is 2. The Balaban J connectivity index is 1.75. The normalized spacial score (nSPS) is 10.2. The number of pyridine rings is 3. The second kappa shape index (κ2) is 7.52. The number of aromatic nitrogens is 3. The SMILES string of the molecule is Cc1cccc(NC(=O)c2cccc(C(=O)Nc3cccc(C)n3)n2)n1. The fourth-order valence-electron chi connectivity index (χ4n) is 2.27. The Morgan fingerprint density at radius 1 is 0.654 bits per heavy atom. The Kier molecular flexibility index (Phi) is 4.98. The molecular formula is C19H17N5O2. The van der Waals surface area contributed by atoms with Crippen molar-refractivity contribution in [2.45, 2.75) is 13.8 Å². The molecule has 0 unspecified atom stereocenters. The first-order valence-electron chi connectivity index (χ1n) is 7.98. The molecule has 7 nitrogen and oxygen atoms in total. The van der Waals surface area contributed by atoms with Gasteiger partial charge in [-0.2, -0.15) is 0 Å². The van der Waals surface area contributed by atoms with E-state index in [1.807, 2.05) is 26.0 Å². The van der Waals surface area contributed by atoms with Crippen LogP contribution in [0.2, 0.25) is 0 Å². The summed E-state index contributed by atoms with van der Waals surface area (Å²) in [6, 6.07) is 15.3. The molecule has 0 aromatic carbocycles. The van der Waals surface area contributed by atoms with Gasteiger partial charge in [0.25, 0.3) is 11.8 Å². The van der Waals surface area contributed by atoms with Crippen molar-refractivity contribution in [3.8, 4) is 0 Å². The van der Waals surface area contributed by atoms with Crippen LogP contribution < -0.4 is 10.6 Å². The van der Waals surface area contributed by atoms with Gasteiger partial charge in [0.05, 0.1) is 0 Å². The largest absolute Gasteiger partial charge is 0.305 e. The molecule has 26 heavy (non-hydrogen) atoms. The zero-order valence-corrected chi connectivity index (χ0v) is 14.4. The van der Waals surface area contributed by atoms with Gasteiger partial charge in [-0.25, -0.2) is 15.0 Å². The summed E-state index contributed by atoms with van der Waals surface area (Å²) >= 11 is 0. The first kappa shape index (κ1) is 17.2. The highest BCUT2D eigenvalue weighted by molar-refractivity contribution is 6.05. The molecule has 0 fully saturated rings. The first-order valence-corrected chi connectivity index (χ1v) is 7.98. The fraction of sp³-hybridized carbons (Fsp3) is 0.105. The van der Waals surface area contributed by atoms with E-state index in [9.17, 15) is 9.59 Å². The minimum atomic E-state index is -0.438. The Morgan fingerprint density at radius 3 is 1.50 bits per heavy atom. The van der Waals surface area contributed by atoms with E-state index in [2.05, 4.69) is 25.6 Å². The zero-order valence-electron chi connectivity index (χ0n) is 14.4. The van der Waals surface area contributed by atoms with Crippen molar-refractivity contribution in [3.63, 3.8) is 0 Å². The molecule has 0 atom stereocenters. The highest BCUT2D eigenvalue weighted by Gasteiger charge is 2.13. The number of hydrogen-bond acceptors (Lipinski definition) is 5. The number of carbonyl (C=O) groups is 2. The van der Waals surface area contributed by atoms with Gasteiger partial charge in [-0.05, 0) is 50.2 Å². The highest BCUT2D eigenvalue weighted by Crippen LogP contribution is 2.09. The van der Waals surface area contributed by atoms with Gasteiger partial charge in [-0.1, -0.05) is 18.2 Å². The lowest BCUT2D eigenvalue weighted by Crippen LogP contribution is -2.19. The van der Waals surface area contributed by atoms with E-state index in [1.54, 1.807) is 30.3 Å². The molecule has 2 amide bonds. The second-order valence-electron chi connectivity index (χ2n) is 5.64. The van der Waals surface area contributed by atoms with Crippen LogP contribution in [0.15, 0.2) is 54.6 Å². The lowest BCUT2D eigenvalue weighted by molar-refractivity contribution is 0.101. The van der Waals surface area contributed by atoms with Crippen molar-refractivity contribution >= 4 is 23.5 Å². The minimum absolute atomic E-state index is 0.123. The summed E-state index contributed by atoms with van der Waals surface area (Å²) in [7, 11) is 0. The Morgan fingerprint density at radius 2 is 1.08 bits per heavy atom. The van der Waals surface area contributed by atoms with Crippen molar-refractivity contribution in [2.75, 3.05) is 10.6 Å². The number of nitrogens with one attached hydrogen (secondary N) is 2. The van der Waals surface area contributed by atoms with Gasteiger partial charge >= 0.3 is 0 Å². The molecule has 3 heterocycles. The molecule has 3 aromatic rings. The molecule has 0 radical (unpaired) electrons. The molecule has 130 valence electrons. The van der Waals surface area contributed by atoms with Gasteiger partial charge in [0.2, 0.25) is 0 Å². The lowest BCUT2D eigenvalue weighted by atomic mass is 10.2. The fourth-order valence-corrected chi connectivity index (χ4v) is 2.27. The molecule has 2 N–H and O–H groups in total. The number of anilines is 2. The average Bonchev–Trinajstić information content (AvgIpc) is 2.62. The molecule has 3 aromatic heterocycles. The summed E-state index contributed by atoms with van der Waals surface area (Å²) in [6.45, 7) is 3.66. The smallest absolute Gasteiger partial charge is 0.275 e. The Bertz CT molecular complexity index is 897. The van der Waals surface area contributed by atoms with E-state index >= 15 is 0 Å². The standard InChI is InChI=1S/C19H17N5O2/c1-12-6-3-10-16(20-12)23-18(25)14-8-5-9-15(22-14)19(26)24-17-11-4-7-13(2)21-17/h3-11H,1-2H3,(H,20,23,25)(H,21,24,26). The van der Waals surface area contributed by atoms with Crippen molar-refractivity contribution in [2.24, 2.45) is 0 Å². The average molecular weight is 347 g/mol. The second-order valence-corrected chi connectivity index (χ2v) is 5.64. The molecular weight excluding hydrogens is 330 g/mol. The van der Waals surface area contributed by atoms with Gasteiger partial charge in [-0.15, -0.1) is 0 Å². The maximum absolute atomic E-state index is 12.3. The summed E-state index contributed by atoms with van der Waals surface area (Å²) in [4.78, 5) is 37.2. The predicted molar refractivity (Wildman–Crippen MR) is 98.1 cm³/mol. The van der Waals surface area contributed by atoms with E-state index in [0.29, 0.717) is 11.6 Å². The Hall–Kier alpha value is -3.61. The Labute approximate surface area is 150 Å². The van der Waals surface area contributed by atoms with E-state index in [1.165, 1.54) is 12.1 Å². The van der Waals surface area contributed by atoms with E-state index in [-0.39, 0.29) is 11.4 Å². The summed E-state index contributed by atoms with van der Waals surface area (Å²) in [5.41, 5.74) is 1.82. The maximum atomic E-state index is 12.3. The van der Waals surface area contributed by atoms with Gasteiger partial charge in [0.1, 0.15) is 23.0 Å². The minimum Gasteiger partial charge on any atom is -0.305 e. The monoisotopic (exact) mass is 347 g/mol. The van der Waals surface area contributed by atoms with Crippen LogP contribution in [0.25, 0.3) is 0 Å². The molecule has 0 aliphatic heterocycles. The number of aryl methyl sites for hydroxylation is 2. The van der Waals surface area contributed by atoms with E-state index in [0.717, 1.165) is 11.4 Å². The van der Waals surface area contributed by atoms with E-state index in [4.69, 9.17) is 0 Å². The van der Waals surface area contributed by atoms with Gasteiger partial charge in [0.15, 0.2) is 0 Å². The van der Waals surface area contributed by atoms with E-state index < -0.39 is 11.8 Å². The third kappa shape index (κ3) is 4.27. The summed E-state index contributed by atoms with van der Waals surface area (Å²) in [5, 5.41) is 5.33. The number of carbonyl (C=O) groups excluding carboxylic acids is 2. The predicted octanol–water partition coefficient (Wildman–Crippen LogP) is 2.99. The summed E-state index contributed by atoms with van der Waals surface area (Å²) < 4.78 is 0. The zero-order chi connectivity index (χ0) is 18.5.